The number of carbonyl (C=O) groups excluding carboxylic acids is 1. The molecule has 0 radical (unpaired) electrons. The highest BCUT2D eigenvalue weighted by Gasteiger charge is 2.31. The summed E-state index contributed by atoms with van der Waals surface area (Å²) in [6, 6.07) is 15.7. The Hall–Kier alpha value is -3.51. The van der Waals surface area contributed by atoms with Crippen LogP contribution in [-0.2, 0) is 14.6 Å². The summed E-state index contributed by atoms with van der Waals surface area (Å²) in [6.07, 6.45) is 6.01. The molecule has 8 nitrogen and oxygen atoms in total. The minimum absolute atomic E-state index is 0.0587. The molecule has 2 aromatic carbocycles. The number of benzene rings is 2. The van der Waals surface area contributed by atoms with Crippen molar-refractivity contribution in [2.45, 2.75) is 51.2 Å². The van der Waals surface area contributed by atoms with Crippen molar-refractivity contribution in [3.05, 3.63) is 48.0 Å². The van der Waals surface area contributed by atoms with Crippen molar-refractivity contribution >= 4 is 32.5 Å². The number of anilines is 1. The normalized spacial score (nSPS) is 16.6. The van der Waals surface area contributed by atoms with Crippen molar-refractivity contribution in [1.29, 1.82) is 5.26 Å². The number of sulfone groups is 1. The standard InChI is InChI=1S/C28H31N3O5S/c1-18(19-6-7-19)36-28(32)30-21-10-8-20(9-11-21)27-25(17-29)24-13-12-23(35-14-15-37(2,33)34)16-26(24)31(27)22-4-3-5-22/h8-13,16,18-19,22H,3-7,14-15H2,1-2H3,(H,30,32). The predicted molar refractivity (Wildman–Crippen MR) is 142 cm³/mol. The lowest BCUT2D eigenvalue weighted by Crippen LogP contribution is -2.21. The number of nitrogens with zero attached hydrogens (tertiary/aromatic N) is 2. The lowest BCUT2D eigenvalue weighted by Gasteiger charge is -2.30. The van der Waals surface area contributed by atoms with E-state index < -0.39 is 15.9 Å². The second-order valence-corrected chi connectivity index (χ2v) is 12.4. The van der Waals surface area contributed by atoms with Gasteiger partial charge in [-0.1, -0.05) is 12.1 Å². The molecule has 3 aromatic rings. The van der Waals surface area contributed by atoms with Crippen LogP contribution < -0.4 is 10.1 Å². The highest BCUT2D eigenvalue weighted by molar-refractivity contribution is 7.90. The van der Waals surface area contributed by atoms with Crippen LogP contribution in [0.5, 0.6) is 5.75 Å². The van der Waals surface area contributed by atoms with Crippen LogP contribution >= 0.6 is 0 Å². The minimum atomic E-state index is -3.12. The quantitative estimate of drug-likeness (QED) is 0.388. The first-order valence-corrected chi connectivity index (χ1v) is 14.8. The maximum absolute atomic E-state index is 12.3. The number of rotatable bonds is 9. The van der Waals surface area contributed by atoms with Crippen molar-refractivity contribution in [2.24, 2.45) is 5.92 Å². The van der Waals surface area contributed by atoms with Crippen molar-refractivity contribution in [3.8, 4) is 23.1 Å². The van der Waals surface area contributed by atoms with Crippen molar-refractivity contribution in [1.82, 2.24) is 4.57 Å². The number of ether oxygens (including phenoxy) is 2. The zero-order chi connectivity index (χ0) is 26.2. The van der Waals surface area contributed by atoms with Crippen LogP contribution in [0.1, 0.15) is 50.6 Å². The van der Waals surface area contributed by atoms with Crippen LogP contribution in [0.25, 0.3) is 22.2 Å². The Kier molecular flexibility index (Phi) is 6.86. The monoisotopic (exact) mass is 521 g/mol. The van der Waals surface area contributed by atoms with Crippen LogP contribution in [0.4, 0.5) is 10.5 Å². The summed E-state index contributed by atoms with van der Waals surface area (Å²) in [4.78, 5) is 12.3. The van der Waals surface area contributed by atoms with Crippen LogP contribution in [-0.4, -0.2) is 43.8 Å². The van der Waals surface area contributed by atoms with Gasteiger partial charge in [-0.3, -0.25) is 5.32 Å². The van der Waals surface area contributed by atoms with Gasteiger partial charge in [0.25, 0.3) is 0 Å². The van der Waals surface area contributed by atoms with Crippen LogP contribution in [0.3, 0.4) is 0 Å². The van der Waals surface area contributed by atoms with Crippen LogP contribution in [0.2, 0.25) is 0 Å². The number of aromatic nitrogens is 1. The molecule has 1 N–H and O–H groups in total. The molecule has 2 aliphatic rings. The lowest BCUT2D eigenvalue weighted by molar-refractivity contribution is 0.108. The van der Waals surface area contributed by atoms with E-state index in [2.05, 4.69) is 16.0 Å². The SMILES string of the molecule is CC(OC(=O)Nc1ccc(-c2c(C#N)c3ccc(OCCS(C)(=O)=O)cc3n2C2CCC2)cc1)C1CC1. The molecule has 2 saturated carbocycles. The Labute approximate surface area is 217 Å². The summed E-state index contributed by atoms with van der Waals surface area (Å²) >= 11 is 0. The summed E-state index contributed by atoms with van der Waals surface area (Å²) in [5, 5.41) is 13.8. The second kappa shape index (κ2) is 10.1. The van der Waals surface area contributed by atoms with Gasteiger partial charge in [-0.25, -0.2) is 13.2 Å². The maximum atomic E-state index is 12.3. The Morgan fingerprint density at radius 2 is 1.89 bits per heavy atom. The average molecular weight is 522 g/mol. The number of amides is 1. The summed E-state index contributed by atoms with van der Waals surface area (Å²) in [6.45, 7) is 1.99. The molecule has 37 heavy (non-hydrogen) atoms. The summed E-state index contributed by atoms with van der Waals surface area (Å²) in [7, 11) is -3.12. The van der Waals surface area contributed by atoms with Gasteiger partial charge in [0.1, 0.15) is 24.5 Å². The van der Waals surface area contributed by atoms with E-state index in [-0.39, 0.29) is 24.5 Å². The Morgan fingerprint density at radius 1 is 1.16 bits per heavy atom. The molecular weight excluding hydrogens is 490 g/mol. The van der Waals surface area contributed by atoms with Gasteiger partial charge in [-0.05, 0) is 74.8 Å². The number of carbonyl (C=O) groups is 1. The number of fused-ring (bicyclic) bond motifs is 1. The first-order chi connectivity index (χ1) is 17.7. The van der Waals surface area contributed by atoms with E-state index in [0.29, 0.717) is 22.9 Å². The van der Waals surface area contributed by atoms with Gasteiger partial charge in [0.2, 0.25) is 0 Å². The molecule has 0 saturated heterocycles. The Bertz CT molecular complexity index is 1460. The molecule has 0 spiro atoms. The van der Waals surface area contributed by atoms with Crippen molar-refractivity contribution in [2.75, 3.05) is 23.9 Å². The van der Waals surface area contributed by atoms with E-state index in [4.69, 9.17) is 9.47 Å². The molecule has 0 bridgehead atoms. The third-order valence-electron chi connectivity index (χ3n) is 7.23. The van der Waals surface area contributed by atoms with Gasteiger partial charge in [0.05, 0.1) is 22.5 Å². The maximum Gasteiger partial charge on any atom is 0.411 e. The molecule has 1 amide bonds. The number of hydrogen-bond acceptors (Lipinski definition) is 6. The van der Waals surface area contributed by atoms with E-state index in [1.54, 1.807) is 6.07 Å². The van der Waals surface area contributed by atoms with Crippen molar-refractivity contribution < 1.29 is 22.7 Å². The summed E-state index contributed by atoms with van der Waals surface area (Å²) < 4.78 is 36.4. The third kappa shape index (κ3) is 5.59. The Morgan fingerprint density at radius 3 is 2.49 bits per heavy atom. The van der Waals surface area contributed by atoms with Gasteiger partial charge in [-0.2, -0.15) is 5.26 Å². The summed E-state index contributed by atoms with van der Waals surface area (Å²) in [5.74, 6) is 0.983. The third-order valence-corrected chi connectivity index (χ3v) is 8.14. The van der Waals surface area contributed by atoms with E-state index in [9.17, 15) is 18.5 Å². The molecule has 1 aromatic heterocycles. The fourth-order valence-corrected chi connectivity index (χ4v) is 5.19. The fraction of sp³-hybridized carbons (Fsp3) is 0.429. The molecule has 9 heteroatoms. The number of nitriles is 1. The molecule has 1 atom stereocenters. The summed E-state index contributed by atoms with van der Waals surface area (Å²) in [5.41, 5.74) is 3.83. The van der Waals surface area contributed by atoms with Gasteiger partial charge in [-0.15, -0.1) is 0 Å². The lowest BCUT2D eigenvalue weighted by atomic mass is 9.92. The molecule has 1 heterocycles. The van der Waals surface area contributed by atoms with Gasteiger partial charge < -0.3 is 14.0 Å². The minimum Gasteiger partial charge on any atom is -0.492 e. The number of hydrogen-bond donors (Lipinski definition) is 1. The predicted octanol–water partition coefficient (Wildman–Crippen LogP) is 5.68. The second-order valence-electron chi connectivity index (χ2n) is 10.1. The molecule has 2 aliphatic carbocycles. The van der Waals surface area contributed by atoms with Gasteiger partial charge in [0.15, 0.2) is 9.84 Å². The first-order valence-electron chi connectivity index (χ1n) is 12.7. The molecule has 1 unspecified atom stereocenters. The Balaban J connectivity index is 1.44. The highest BCUT2D eigenvalue weighted by Crippen LogP contribution is 2.43. The zero-order valence-corrected chi connectivity index (χ0v) is 21.9. The van der Waals surface area contributed by atoms with Gasteiger partial charge in [0, 0.05) is 29.4 Å². The zero-order valence-electron chi connectivity index (χ0n) is 21.1. The van der Waals surface area contributed by atoms with Crippen molar-refractivity contribution in [3.63, 3.8) is 0 Å². The molecular formula is C28H31N3O5S. The highest BCUT2D eigenvalue weighted by atomic mass is 32.2. The molecule has 5 rings (SSSR count). The van der Waals surface area contributed by atoms with Gasteiger partial charge >= 0.3 is 6.09 Å². The van der Waals surface area contributed by atoms with Crippen LogP contribution in [0, 0.1) is 17.2 Å². The average Bonchev–Trinajstić information content (AvgIpc) is 3.62. The molecule has 0 aliphatic heterocycles. The largest absolute Gasteiger partial charge is 0.492 e. The van der Waals surface area contributed by atoms with E-state index in [1.807, 2.05) is 43.3 Å². The van der Waals surface area contributed by atoms with E-state index in [0.717, 1.165) is 54.3 Å². The molecule has 194 valence electrons. The fourth-order valence-electron chi connectivity index (χ4n) is 4.80. The van der Waals surface area contributed by atoms with E-state index in [1.165, 1.54) is 6.26 Å². The topological polar surface area (TPSA) is 110 Å². The van der Waals surface area contributed by atoms with Crippen LogP contribution in [0.15, 0.2) is 42.5 Å². The van der Waals surface area contributed by atoms with E-state index >= 15 is 0 Å². The smallest absolute Gasteiger partial charge is 0.411 e. The number of nitrogens with one attached hydrogen (secondary N) is 1. The first kappa shape index (κ1) is 25.2. The molecule has 2 fully saturated rings.